The highest BCUT2D eigenvalue weighted by atomic mass is 35.5. The minimum Gasteiger partial charge on any atom is -0.342 e. The second-order valence-electron chi connectivity index (χ2n) is 7.31. The SMILES string of the molecule is CNCC1CCN(C(=O)CCc2ccc(S(=O)(=O)N3CCCC3)cc2)C1.Cl. The summed E-state index contributed by atoms with van der Waals surface area (Å²) in [5.74, 6) is 0.747. The van der Waals surface area contributed by atoms with E-state index in [9.17, 15) is 13.2 Å². The lowest BCUT2D eigenvalue weighted by Crippen LogP contribution is -2.30. The molecule has 0 saturated carbocycles. The van der Waals surface area contributed by atoms with Crippen molar-refractivity contribution in [3.63, 3.8) is 0 Å². The van der Waals surface area contributed by atoms with E-state index in [0.717, 1.165) is 44.5 Å². The molecule has 3 rings (SSSR count). The van der Waals surface area contributed by atoms with Crippen LogP contribution in [0, 0.1) is 5.92 Å². The summed E-state index contributed by atoms with van der Waals surface area (Å²) in [6.07, 6.45) is 4.06. The van der Waals surface area contributed by atoms with E-state index in [4.69, 9.17) is 0 Å². The van der Waals surface area contributed by atoms with E-state index in [0.29, 0.717) is 36.7 Å². The molecule has 27 heavy (non-hydrogen) atoms. The lowest BCUT2D eigenvalue weighted by Gasteiger charge is -2.17. The van der Waals surface area contributed by atoms with Gasteiger partial charge in [-0.2, -0.15) is 4.31 Å². The number of amides is 1. The first-order valence-corrected chi connectivity index (χ1v) is 11.0. The van der Waals surface area contributed by atoms with Crippen molar-refractivity contribution >= 4 is 28.3 Å². The predicted octanol–water partition coefficient (Wildman–Crippen LogP) is 1.89. The number of likely N-dealkylation sites (tertiary alicyclic amines) is 1. The third-order valence-electron chi connectivity index (χ3n) is 5.39. The Kier molecular flexibility index (Phi) is 8.09. The molecular formula is C19H30ClN3O3S. The summed E-state index contributed by atoms with van der Waals surface area (Å²) in [4.78, 5) is 14.7. The standard InChI is InChI=1S/C19H29N3O3S.ClH/c1-20-14-17-10-13-21(15-17)19(23)9-6-16-4-7-18(8-5-16)26(24,25)22-11-2-3-12-22;/h4-5,7-8,17,20H,2-3,6,9-15H2,1H3;1H. The fourth-order valence-electron chi connectivity index (χ4n) is 3.83. The number of hydrogen-bond donors (Lipinski definition) is 1. The fraction of sp³-hybridized carbons (Fsp3) is 0.632. The Balaban J connectivity index is 0.00000261. The second-order valence-corrected chi connectivity index (χ2v) is 9.25. The molecule has 0 bridgehead atoms. The van der Waals surface area contributed by atoms with Crippen molar-refractivity contribution in [3.8, 4) is 0 Å². The van der Waals surface area contributed by atoms with Crippen LogP contribution in [0.25, 0.3) is 0 Å². The molecule has 2 fully saturated rings. The summed E-state index contributed by atoms with van der Waals surface area (Å²) in [5.41, 5.74) is 1.00. The number of benzene rings is 1. The second kappa shape index (κ2) is 9.87. The van der Waals surface area contributed by atoms with Crippen LogP contribution in [0.1, 0.15) is 31.2 Å². The van der Waals surface area contributed by atoms with Crippen molar-refractivity contribution in [2.45, 2.75) is 37.0 Å². The molecule has 0 aliphatic carbocycles. The minimum absolute atomic E-state index is 0. The van der Waals surface area contributed by atoms with Crippen molar-refractivity contribution in [2.75, 3.05) is 39.8 Å². The highest BCUT2D eigenvalue weighted by Gasteiger charge is 2.27. The smallest absolute Gasteiger partial charge is 0.243 e. The van der Waals surface area contributed by atoms with Crippen molar-refractivity contribution in [1.29, 1.82) is 0 Å². The van der Waals surface area contributed by atoms with E-state index >= 15 is 0 Å². The van der Waals surface area contributed by atoms with Crippen LogP contribution in [0.15, 0.2) is 29.2 Å². The number of nitrogens with one attached hydrogen (secondary N) is 1. The van der Waals surface area contributed by atoms with Crippen LogP contribution in [0.5, 0.6) is 0 Å². The van der Waals surface area contributed by atoms with E-state index < -0.39 is 10.0 Å². The maximum absolute atomic E-state index is 12.5. The first-order chi connectivity index (χ1) is 12.5. The maximum atomic E-state index is 12.5. The molecule has 0 spiro atoms. The van der Waals surface area contributed by atoms with Gasteiger partial charge >= 0.3 is 0 Å². The van der Waals surface area contributed by atoms with Gasteiger partial charge < -0.3 is 10.2 Å². The first kappa shape index (κ1) is 22.1. The molecule has 1 aromatic carbocycles. The lowest BCUT2D eigenvalue weighted by atomic mass is 10.1. The molecule has 1 amide bonds. The molecule has 6 nitrogen and oxygen atoms in total. The highest BCUT2D eigenvalue weighted by Crippen LogP contribution is 2.22. The molecular weight excluding hydrogens is 386 g/mol. The Morgan fingerprint density at radius 1 is 1.15 bits per heavy atom. The minimum atomic E-state index is -3.36. The summed E-state index contributed by atoms with van der Waals surface area (Å²) < 4.78 is 26.6. The topological polar surface area (TPSA) is 69.7 Å². The zero-order valence-electron chi connectivity index (χ0n) is 15.9. The number of nitrogens with zero attached hydrogens (tertiary/aromatic N) is 2. The predicted molar refractivity (Wildman–Crippen MR) is 109 cm³/mol. The summed E-state index contributed by atoms with van der Waals surface area (Å²) in [7, 11) is -1.42. The Morgan fingerprint density at radius 3 is 2.44 bits per heavy atom. The zero-order valence-corrected chi connectivity index (χ0v) is 17.5. The number of carbonyl (C=O) groups is 1. The molecule has 0 radical (unpaired) electrons. The number of sulfonamides is 1. The van der Waals surface area contributed by atoms with Gasteiger partial charge in [-0.3, -0.25) is 4.79 Å². The third kappa shape index (κ3) is 5.44. The van der Waals surface area contributed by atoms with Crippen LogP contribution >= 0.6 is 12.4 Å². The van der Waals surface area contributed by atoms with Crippen molar-refractivity contribution in [3.05, 3.63) is 29.8 Å². The van der Waals surface area contributed by atoms with E-state index in [1.54, 1.807) is 16.4 Å². The lowest BCUT2D eigenvalue weighted by molar-refractivity contribution is -0.130. The van der Waals surface area contributed by atoms with Gasteiger partial charge in [0.1, 0.15) is 0 Å². The fourth-order valence-corrected chi connectivity index (χ4v) is 5.35. The molecule has 2 heterocycles. The zero-order chi connectivity index (χ0) is 18.6. The molecule has 1 unspecified atom stereocenters. The average Bonchev–Trinajstić information content (AvgIpc) is 3.32. The summed E-state index contributed by atoms with van der Waals surface area (Å²) in [5, 5.41) is 3.17. The van der Waals surface area contributed by atoms with E-state index in [2.05, 4.69) is 5.32 Å². The molecule has 1 aromatic rings. The van der Waals surface area contributed by atoms with Gasteiger partial charge in [0.25, 0.3) is 0 Å². The van der Waals surface area contributed by atoms with Crippen LogP contribution in [0.4, 0.5) is 0 Å². The molecule has 1 N–H and O–H groups in total. The maximum Gasteiger partial charge on any atom is 0.243 e. The van der Waals surface area contributed by atoms with Gasteiger partial charge in [0.15, 0.2) is 0 Å². The van der Waals surface area contributed by atoms with Gasteiger partial charge in [0.05, 0.1) is 4.90 Å². The molecule has 0 aromatic heterocycles. The molecule has 2 aliphatic heterocycles. The van der Waals surface area contributed by atoms with Gasteiger partial charge in [-0.1, -0.05) is 12.1 Å². The Labute approximate surface area is 168 Å². The van der Waals surface area contributed by atoms with Gasteiger partial charge in [0.2, 0.25) is 15.9 Å². The molecule has 8 heteroatoms. The van der Waals surface area contributed by atoms with Crippen LogP contribution in [0.3, 0.4) is 0 Å². The molecule has 2 aliphatic rings. The first-order valence-electron chi connectivity index (χ1n) is 9.52. The van der Waals surface area contributed by atoms with Crippen LogP contribution in [-0.4, -0.2) is 63.3 Å². The largest absolute Gasteiger partial charge is 0.342 e. The van der Waals surface area contributed by atoms with Crippen molar-refractivity contribution in [1.82, 2.24) is 14.5 Å². The van der Waals surface area contributed by atoms with E-state index in [1.807, 2.05) is 24.1 Å². The Hall–Kier alpha value is -1.15. The quantitative estimate of drug-likeness (QED) is 0.738. The molecule has 152 valence electrons. The molecule has 1 atom stereocenters. The summed E-state index contributed by atoms with van der Waals surface area (Å²) >= 11 is 0. The summed E-state index contributed by atoms with van der Waals surface area (Å²) in [6.45, 7) is 3.87. The van der Waals surface area contributed by atoms with Crippen LogP contribution < -0.4 is 5.32 Å². The monoisotopic (exact) mass is 415 g/mol. The highest BCUT2D eigenvalue weighted by molar-refractivity contribution is 7.89. The van der Waals surface area contributed by atoms with Gasteiger partial charge in [-0.15, -0.1) is 12.4 Å². The number of carbonyl (C=O) groups excluding carboxylic acids is 1. The average molecular weight is 416 g/mol. The van der Waals surface area contributed by atoms with Crippen LogP contribution in [-0.2, 0) is 21.2 Å². The number of hydrogen-bond acceptors (Lipinski definition) is 4. The normalized spacial score (nSPS) is 20.6. The van der Waals surface area contributed by atoms with E-state index in [-0.39, 0.29) is 18.3 Å². The third-order valence-corrected chi connectivity index (χ3v) is 7.30. The van der Waals surface area contributed by atoms with E-state index in [1.165, 1.54) is 0 Å². The van der Waals surface area contributed by atoms with Crippen molar-refractivity contribution < 1.29 is 13.2 Å². The van der Waals surface area contributed by atoms with Gasteiger partial charge in [-0.05, 0) is 62.9 Å². The number of aryl methyl sites for hydroxylation is 1. The van der Waals surface area contributed by atoms with Crippen LogP contribution in [0.2, 0.25) is 0 Å². The Bertz CT molecular complexity index is 718. The van der Waals surface area contributed by atoms with Gasteiger partial charge in [-0.25, -0.2) is 8.42 Å². The number of halogens is 1. The number of rotatable bonds is 7. The van der Waals surface area contributed by atoms with Gasteiger partial charge in [0, 0.05) is 32.6 Å². The molecule has 2 saturated heterocycles. The summed E-state index contributed by atoms with van der Waals surface area (Å²) in [6, 6.07) is 7.02. The Morgan fingerprint density at radius 2 is 1.81 bits per heavy atom. The van der Waals surface area contributed by atoms with Crippen molar-refractivity contribution in [2.24, 2.45) is 5.92 Å².